The number of ether oxygens (including phenoxy) is 1. The highest BCUT2D eigenvalue weighted by atomic mass is 16.5. The summed E-state index contributed by atoms with van der Waals surface area (Å²) in [5.74, 6) is -1.06. The Kier molecular flexibility index (Phi) is 14.4. The van der Waals surface area contributed by atoms with Crippen LogP contribution in [-0.4, -0.2) is 48.6 Å². The van der Waals surface area contributed by atoms with Crippen LogP contribution in [0, 0.1) is 11.3 Å². The van der Waals surface area contributed by atoms with Crippen molar-refractivity contribution in [2.45, 2.75) is 97.8 Å². The van der Waals surface area contributed by atoms with Crippen LogP contribution in [0.4, 0.5) is 0 Å². The van der Waals surface area contributed by atoms with Gasteiger partial charge in [-0.2, -0.15) is 0 Å². The summed E-state index contributed by atoms with van der Waals surface area (Å²) in [4.78, 5) is 36.6. The zero-order valence-electron chi connectivity index (χ0n) is 19.3. The Morgan fingerprint density at radius 3 is 1.86 bits per heavy atom. The molecule has 0 aromatic carbocycles. The molecule has 2 unspecified atom stereocenters. The van der Waals surface area contributed by atoms with Crippen LogP contribution in [-0.2, 0) is 19.1 Å². The first-order chi connectivity index (χ1) is 13.6. The minimum Gasteiger partial charge on any atom is -0.481 e. The molecule has 0 aliphatic rings. The minimum absolute atomic E-state index is 0.0411. The maximum Gasteiger partial charge on any atom is 0.311 e. The molecule has 0 aromatic rings. The maximum absolute atomic E-state index is 12.5. The summed E-state index contributed by atoms with van der Waals surface area (Å²) >= 11 is 0. The minimum atomic E-state index is -0.707. The van der Waals surface area contributed by atoms with Gasteiger partial charge in [0.05, 0.1) is 12.0 Å². The molecule has 1 amide bonds. The third-order valence-corrected chi connectivity index (χ3v) is 5.66. The molecule has 0 spiro atoms. The second-order valence-corrected chi connectivity index (χ2v) is 8.71. The van der Waals surface area contributed by atoms with Crippen LogP contribution in [0.25, 0.3) is 0 Å². The molecule has 0 aromatic heterocycles. The second kappa shape index (κ2) is 15.3. The van der Waals surface area contributed by atoms with Crippen molar-refractivity contribution >= 4 is 17.8 Å². The summed E-state index contributed by atoms with van der Waals surface area (Å²) in [5, 5.41) is 8.58. The van der Waals surface area contributed by atoms with Crippen LogP contribution in [0.15, 0.2) is 0 Å². The van der Waals surface area contributed by atoms with Crippen molar-refractivity contribution in [3.05, 3.63) is 0 Å². The number of aliphatic carboxylic acids is 1. The van der Waals surface area contributed by atoms with Crippen LogP contribution in [0.1, 0.15) is 97.8 Å². The largest absolute Gasteiger partial charge is 0.481 e. The van der Waals surface area contributed by atoms with Crippen molar-refractivity contribution in [1.82, 2.24) is 4.90 Å². The predicted molar refractivity (Wildman–Crippen MR) is 116 cm³/mol. The zero-order chi connectivity index (χ0) is 22.3. The third-order valence-electron chi connectivity index (χ3n) is 5.66. The van der Waals surface area contributed by atoms with Crippen molar-refractivity contribution < 1.29 is 24.2 Å². The molecule has 0 heterocycles. The number of nitrogens with zero attached hydrogens (tertiary/aromatic N) is 1. The van der Waals surface area contributed by atoms with E-state index in [1.165, 1.54) is 12.8 Å². The number of carbonyl (C=O) groups excluding carboxylic acids is 2. The van der Waals surface area contributed by atoms with E-state index in [2.05, 4.69) is 0 Å². The molecule has 0 bridgehead atoms. The van der Waals surface area contributed by atoms with Gasteiger partial charge in [0, 0.05) is 26.4 Å². The highest BCUT2D eigenvalue weighted by molar-refractivity contribution is 5.81. The Labute approximate surface area is 177 Å². The number of esters is 1. The fraction of sp³-hybridized carbons (Fsp3) is 0.870. The van der Waals surface area contributed by atoms with E-state index in [0.29, 0.717) is 19.4 Å². The SMILES string of the molecule is CCC(C)(CC(C)C(=O)N(C)C)C(=O)OCCCCCCCCCCCC(=O)O. The van der Waals surface area contributed by atoms with Crippen LogP contribution < -0.4 is 0 Å². The molecule has 6 nitrogen and oxygen atoms in total. The van der Waals surface area contributed by atoms with Crippen molar-refractivity contribution in [1.29, 1.82) is 0 Å². The van der Waals surface area contributed by atoms with Gasteiger partial charge in [-0.05, 0) is 32.6 Å². The molecule has 0 aliphatic carbocycles. The number of hydrogen-bond donors (Lipinski definition) is 1. The van der Waals surface area contributed by atoms with E-state index < -0.39 is 11.4 Å². The lowest BCUT2D eigenvalue weighted by Crippen LogP contribution is -2.36. The molecule has 0 fully saturated rings. The Hall–Kier alpha value is -1.59. The molecule has 1 N–H and O–H groups in total. The number of carboxylic acid groups (broad SMARTS) is 1. The van der Waals surface area contributed by atoms with Gasteiger partial charge in [0.25, 0.3) is 0 Å². The number of unbranched alkanes of at least 4 members (excludes halogenated alkanes) is 8. The van der Waals surface area contributed by atoms with Gasteiger partial charge in [-0.1, -0.05) is 58.8 Å². The maximum atomic E-state index is 12.5. The number of hydrogen-bond acceptors (Lipinski definition) is 4. The van der Waals surface area contributed by atoms with E-state index in [0.717, 1.165) is 44.9 Å². The van der Waals surface area contributed by atoms with Gasteiger partial charge in [-0.3, -0.25) is 14.4 Å². The summed E-state index contributed by atoms with van der Waals surface area (Å²) in [5.41, 5.74) is -0.619. The van der Waals surface area contributed by atoms with Crippen LogP contribution in [0.5, 0.6) is 0 Å². The molecule has 0 radical (unpaired) electrons. The van der Waals surface area contributed by atoms with Gasteiger partial charge >= 0.3 is 11.9 Å². The Balaban J connectivity index is 3.87. The highest BCUT2D eigenvalue weighted by Gasteiger charge is 2.36. The number of amides is 1. The first kappa shape index (κ1) is 27.4. The lowest BCUT2D eigenvalue weighted by Gasteiger charge is -2.29. The van der Waals surface area contributed by atoms with E-state index in [1.54, 1.807) is 19.0 Å². The average molecular weight is 414 g/mol. The predicted octanol–water partition coefficient (Wildman–Crippen LogP) is 5.05. The fourth-order valence-corrected chi connectivity index (χ4v) is 3.53. The molecular formula is C23H43NO5. The molecule has 29 heavy (non-hydrogen) atoms. The lowest BCUT2D eigenvalue weighted by molar-refractivity contribution is -0.157. The molecule has 0 rings (SSSR count). The summed E-state index contributed by atoms with van der Waals surface area (Å²) in [7, 11) is 3.47. The Morgan fingerprint density at radius 1 is 0.931 bits per heavy atom. The normalized spacial score (nSPS) is 14.1. The van der Waals surface area contributed by atoms with Crippen LogP contribution in [0.3, 0.4) is 0 Å². The lowest BCUT2D eigenvalue weighted by atomic mass is 9.79. The number of rotatable bonds is 17. The van der Waals surface area contributed by atoms with E-state index >= 15 is 0 Å². The van der Waals surface area contributed by atoms with Gasteiger partial charge in [0.15, 0.2) is 0 Å². The zero-order valence-corrected chi connectivity index (χ0v) is 19.3. The topological polar surface area (TPSA) is 83.9 Å². The van der Waals surface area contributed by atoms with E-state index in [1.807, 2.05) is 20.8 Å². The average Bonchev–Trinajstić information content (AvgIpc) is 2.67. The Morgan fingerprint density at radius 2 is 1.41 bits per heavy atom. The summed E-state index contributed by atoms with van der Waals surface area (Å²) in [6.45, 7) is 6.18. The van der Waals surface area contributed by atoms with Gasteiger partial charge in [0.1, 0.15) is 0 Å². The van der Waals surface area contributed by atoms with E-state index in [-0.39, 0.29) is 24.2 Å². The van der Waals surface area contributed by atoms with E-state index in [4.69, 9.17) is 9.84 Å². The summed E-state index contributed by atoms with van der Waals surface area (Å²) in [6.07, 6.45) is 10.9. The summed E-state index contributed by atoms with van der Waals surface area (Å²) in [6, 6.07) is 0. The third kappa shape index (κ3) is 12.6. The molecule has 6 heteroatoms. The molecular weight excluding hydrogens is 370 g/mol. The number of carboxylic acids is 1. The van der Waals surface area contributed by atoms with Gasteiger partial charge < -0.3 is 14.7 Å². The van der Waals surface area contributed by atoms with Crippen molar-refractivity contribution in [3.63, 3.8) is 0 Å². The van der Waals surface area contributed by atoms with Crippen LogP contribution >= 0.6 is 0 Å². The van der Waals surface area contributed by atoms with Gasteiger partial charge in [0.2, 0.25) is 5.91 Å². The standard InChI is InChI=1S/C23H43NO5/c1-6-23(3,18-19(2)21(27)24(4)5)22(28)29-17-15-13-11-9-7-8-10-12-14-16-20(25)26/h19H,6-18H2,1-5H3,(H,25,26). The van der Waals surface area contributed by atoms with Crippen LogP contribution in [0.2, 0.25) is 0 Å². The molecule has 170 valence electrons. The van der Waals surface area contributed by atoms with Gasteiger partial charge in [-0.25, -0.2) is 0 Å². The molecule has 0 saturated heterocycles. The first-order valence-electron chi connectivity index (χ1n) is 11.2. The fourth-order valence-electron chi connectivity index (χ4n) is 3.53. The quantitative estimate of drug-likeness (QED) is 0.266. The smallest absolute Gasteiger partial charge is 0.311 e. The first-order valence-corrected chi connectivity index (χ1v) is 11.2. The molecule has 0 saturated carbocycles. The number of carbonyl (C=O) groups is 3. The van der Waals surface area contributed by atoms with Gasteiger partial charge in [-0.15, -0.1) is 0 Å². The monoisotopic (exact) mass is 413 g/mol. The highest BCUT2D eigenvalue weighted by Crippen LogP contribution is 2.32. The molecule has 2 atom stereocenters. The van der Waals surface area contributed by atoms with Crippen molar-refractivity contribution in [3.8, 4) is 0 Å². The van der Waals surface area contributed by atoms with E-state index in [9.17, 15) is 14.4 Å². The van der Waals surface area contributed by atoms with Crippen molar-refractivity contribution in [2.24, 2.45) is 11.3 Å². The summed E-state index contributed by atoms with van der Waals surface area (Å²) < 4.78 is 5.52. The van der Waals surface area contributed by atoms with Crippen molar-refractivity contribution in [2.75, 3.05) is 20.7 Å². The Bertz CT molecular complexity index is 492. The molecule has 0 aliphatic heterocycles. The second-order valence-electron chi connectivity index (χ2n) is 8.71.